The summed E-state index contributed by atoms with van der Waals surface area (Å²) in [6, 6.07) is 0.215. The summed E-state index contributed by atoms with van der Waals surface area (Å²) in [7, 11) is 0. The Balaban J connectivity index is 1.88. The molecule has 1 heterocycles. The molecule has 0 spiro atoms. The number of hydrogen-bond acceptors (Lipinski definition) is 3. The Morgan fingerprint density at radius 3 is 2.82 bits per heavy atom. The Bertz CT molecular complexity index is 406. The van der Waals surface area contributed by atoms with Gasteiger partial charge in [-0.15, -0.1) is 0 Å². The molecule has 4 heteroatoms. The van der Waals surface area contributed by atoms with E-state index in [0.29, 0.717) is 0 Å². The summed E-state index contributed by atoms with van der Waals surface area (Å²) in [5, 5.41) is 7.34. The highest BCUT2D eigenvalue weighted by atomic mass is 32.1. The van der Waals surface area contributed by atoms with E-state index in [9.17, 15) is 4.79 Å². The molecule has 1 N–H and O–H groups in total. The zero-order chi connectivity index (χ0) is 12.5. The van der Waals surface area contributed by atoms with E-state index in [1.807, 2.05) is 20.8 Å². The average Bonchev–Trinajstić information content (AvgIpc) is 2.61. The van der Waals surface area contributed by atoms with Crippen LogP contribution in [0.25, 0.3) is 0 Å². The Morgan fingerprint density at radius 1 is 1.41 bits per heavy atom. The van der Waals surface area contributed by atoms with Gasteiger partial charge in [0.2, 0.25) is 0 Å². The van der Waals surface area contributed by atoms with E-state index in [0.717, 1.165) is 19.3 Å². The van der Waals surface area contributed by atoms with Gasteiger partial charge in [0, 0.05) is 6.04 Å². The summed E-state index contributed by atoms with van der Waals surface area (Å²) in [6.45, 7) is 5.64. The maximum absolute atomic E-state index is 11.6. The summed E-state index contributed by atoms with van der Waals surface area (Å²) in [5.74, 6) is 0. The highest BCUT2D eigenvalue weighted by Crippen LogP contribution is 2.24. The quantitative estimate of drug-likeness (QED) is 0.835. The topological polar surface area (TPSA) is 38.3 Å². The maximum Gasteiger partial charge on any atom is 0.407 e. The van der Waals surface area contributed by atoms with Crippen LogP contribution < -0.4 is 5.32 Å². The van der Waals surface area contributed by atoms with Crippen LogP contribution in [0.2, 0.25) is 0 Å². The molecule has 0 radical (unpaired) electrons. The second-order valence-electron chi connectivity index (χ2n) is 5.51. The fourth-order valence-corrected chi connectivity index (χ4v) is 2.96. The first kappa shape index (κ1) is 12.4. The minimum atomic E-state index is -0.424. The molecule has 0 unspecified atom stereocenters. The number of carbonyl (C=O) groups excluding carboxylic acids is 1. The maximum atomic E-state index is 11.6. The molecule has 1 aliphatic carbocycles. The first-order chi connectivity index (χ1) is 7.94. The molecule has 0 saturated carbocycles. The van der Waals surface area contributed by atoms with Crippen molar-refractivity contribution in [2.75, 3.05) is 0 Å². The predicted molar refractivity (Wildman–Crippen MR) is 69.5 cm³/mol. The zero-order valence-corrected chi connectivity index (χ0v) is 11.4. The first-order valence-corrected chi connectivity index (χ1v) is 6.92. The van der Waals surface area contributed by atoms with Crippen molar-refractivity contribution >= 4 is 17.4 Å². The number of rotatable bonds is 1. The SMILES string of the molecule is CC(C)(C)OC(=O)N[C@@H]1CCc2cscc2C1. The standard InChI is InChI=1S/C13H19NO2S/c1-13(2,3)16-12(15)14-11-5-4-9-7-17-8-10(9)6-11/h7-8,11H,4-6H2,1-3H3,(H,14,15)/t11-/m1/s1. The number of thiophene rings is 1. The number of aryl methyl sites for hydroxylation is 1. The molecule has 94 valence electrons. The number of ether oxygens (including phenoxy) is 1. The van der Waals surface area contributed by atoms with Crippen LogP contribution in [-0.4, -0.2) is 17.7 Å². The minimum Gasteiger partial charge on any atom is -0.444 e. The number of amides is 1. The van der Waals surface area contributed by atoms with Gasteiger partial charge in [-0.3, -0.25) is 0 Å². The summed E-state index contributed by atoms with van der Waals surface area (Å²) < 4.78 is 5.26. The molecule has 0 saturated heterocycles. The Morgan fingerprint density at radius 2 is 2.12 bits per heavy atom. The summed E-state index contributed by atoms with van der Waals surface area (Å²) in [5.41, 5.74) is 2.39. The zero-order valence-electron chi connectivity index (χ0n) is 10.6. The van der Waals surface area contributed by atoms with Gasteiger partial charge in [-0.2, -0.15) is 11.3 Å². The number of nitrogens with one attached hydrogen (secondary N) is 1. The van der Waals surface area contributed by atoms with Crippen molar-refractivity contribution in [1.82, 2.24) is 5.32 Å². The largest absolute Gasteiger partial charge is 0.444 e. The second kappa shape index (κ2) is 4.69. The Hall–Kier alpha value is -1.03. The fourth-order valence-electron chi connectivity index (χ4n) is 2.04. The van der Waals surface area contributed by atoms with E-state index in [2.05, 4.69) is 16.1 Å². The summed E-state index contributed by atoms with van der Waals surface area (Å²) in [6.07, 6.45) is 2.68. The number of fused-ring (bicyclic) bond motifs is 1. The number of hydrogen-bond donors (Lipinski definition) is 1. The van der Waals surface area contributed by atoms with Crippen molar-refractivity contribution in [2.24, 2.45) is 0 Å². The van der Waals surface area contributed by atoms with Gasteiger partial charge in [0.05, 0.1) is 0 Å². The van der Waals surface area contributed by atoms with Gasteiger partial charge in [-0.05, 0) is 61.9 Å². The summed E-state index contributed by atoms with van der Waals surface area (Å²) >= 11 is 1.74. The molecule has 1 amide bonds. The van der Waals surface area contributed by atoms with Gasteiger partial charge in [0.1, 0.15) is 5.60 Å². The van der Waals surface area contributed by atoms with Crippen LogP contribution in [0.15, 0.2) is 10.8 Å². The molecular weight excluding hydrogens is 234 g/mol. The van der Waals surface area contributed by atoms with Crippen LogP contribution in [-0.2, 0) is 17.6 Å². The van der Waals surface area contributed by atoms with Crippen molar-refractivity contribution < 1.29 is 9.53 Å². The van der Waals surface area contributed by atoms with Crippen LogP contribution in [0, 0.1) is 0 Å². The van der Waals surface area contributed by atoms with Gasteiger partial charge in [-0.1, -0.05) is 0 Å². The Labute approximate surface area is 106 Å². The number of carbonyl (C=O) groups is 1. The molecule has 0 bridgehead atoms. The van der Waals surface area contributed by atoms with Crippen LogP contribution in [0.1, 0.15) is 38.3 Å². The molecule has 1 aromatic rings. The van der Waals surface area contributed by atoms with Gasteiger partial charge in [-0.25, -0.2) is 4.79 Å². The van der Waals surface area contributed by atoms with Crippen molar-refractivity contribution in [2.45, 2.75) is 51.7 Å². The second-order valence-corrected chi connectivity index (χ2v) is 6.25. The van der Waals surface area contributed by atoms with E-state index in [1.165, 1.54) is 11.1 Å². The molecule has 0 aliphatic heterocycles. The third kappa shape index (κ3) is 3.46. The van der Waals surface area contributed by atoms with Crippen LogP contribution >= 0.6 is 11.3 Å². The third-order valence-corrected chi connectivity index (χ3v) is 3.62. The molecule has 2 rings (SSSR count). The van der Waals surface area contributed by atoms with Gasteiger partial charge >= 0.3 is 6.09 Å². The smallest absolute Gasteiger partial charge is 0.407 e. The molecule has 0 fully saturated rings. The highest BCUT2D eigenvalue weighted by molar-refractivity contribution is 7.08. The van der Waals surface area contributed by atoms with Gasteiger partial charge in [0.15, 0.2) is 0 Å². The Kier molecular flexibility index (Phi) is 3.43. The lowest BCUT2D eigenvalue weighted by molar-refractivity contribution is 0.0500. The van der Waals surface area contributed by atoms with Crippen LogP contribution in [0.4, 0.5) is 4.79 Å². The van der Waals surface area contributed by atoms with Crippen molar-refractivity contribution in [3.05, 3.63) is 21.9 Å². The molecule has 17 heavy (non-hydrogen) atoms. The lowest BCUT2D eigenvalue weighted by Crippen LogP contribution is -2.41. The molecular formula is C13H19NO2S. The van der Waals surface area contributed by atoms with E-state index in [4.69, 9.17) is 4.74 Å². The highest BCUT2D eigenvalue weighted by Gasteiger charge is 2.23. The predicted octanol–water partition coefficient (Wildman–Crippen LogP) is 3.13. The first-order valence-electron chi connectivity index (χ1n) is 5.97. The third-order valence-electron chi connectivity index (χ3n) is 2.78. The van der Waals surface area contributed by atoms with Gasteiger partial charge in [0.25, 0.3) is 0 Å². The van der Waals surface area contributed by atoms with Gasteiger partial charge < -0.3 is 10.1 Å². The van der Waals surface area contributed by atoms with Crippen LogP contribution in [0.5, 0.6) is 0 Å². The van der Waals surface area contributed by atoms with E-state index < -0.39 is 5.60 Å². The van der Waals surface area contributed by atoms with Crippen molar-refractivity contribution in [3.63, 3.8) is 0 Å². The summed E-state index contributed by atoms with van der Waals surface area (Å²) in [4.78, 5) is 11.6. The van der Waals surface area contributed by atoms with Crippen molar-refractivity contribution in [1.29, 1.82) is 0 Å². The van der Waals surface area contributed by atoms with Crippen molar-refractivity contribution in [3.8, 4) is 0 Å². The van der Waals surface area contributed by atoms with E-state index >= 15 is 0 Å². The normalized spacial score (nSPS) is 19.6. The fraction of sp³-hybridized carbons (Fsp3) is 0.615. The molecule has 1 aliphatic rings. The van der Waals surface area contributed by atoms with Crippen LogP contribution in [0.3, 0.4) is 0 Å². The molecule has 0 aromatic carbocycles. The molecule has 3 nitrogen and oxygen atoms in total. The van der Waals surface area contributed by atoms with E-state index in [-0.39, 0.29) is 12.1 Å². The number of alkyl carbamates (subject to hydrolysis) is 1. The van der Waals surface area contributed by atoms with E-state index in [1.54, 1.807) is 11.3 Å². The minimum absolute atomic E-state index is 0.215. The molecule has 1 aromatic heterocycles. The average molecular weight is 253 g/mol. The lowest BCUT2D eigenvalue weighted by atomic mass is 9.92. The lowest BCUT2D eigenvalue weighted by Gasteiger charge is -2.26. The molecule has 1 atom stereocenters. The monoisotopic (exact) mass is 253 g/mol.